The molecule has 1 aliphatic heterocycles. The fourth-order valence-corrected chi connectivity index (χ4v) is 1.98. The average molecular weight is 257 g/mol. The highest BCUT2D eigenvalue weighted by atomic mass is 35.5. The van der Waals surface area contributed by atoms with Gasteiger partial charge in [-0.05, 0) is 19.3 Å². The van der Waals surface area contributed by atoms with Gasteiger partial charge in [0.1, 0.15) is 17.6 Å². The summed E-state index contributed by atoms with van der Waals surface area (Å²) < 4.78 is 11.2. The van der Waals surface area contributed by atoms with Crippen LogP contribution in [-0.2, 0) is 11.2 Å². The lowest BCUT2D eigenvalue weighted by molar-refractivity contribution is -0.0120. The van der Waals surface area contributed by atoms with Crippen molar-refractivity contribution < 1.29 is 9.47 Å². The van der Waals surface area contributed by atoms with E-state index in [1.807, 2.05) is 6.92 Å². The third-order valence-electron chi connectivity index (χ3n) is 2.73. The lowest BCUT2D eigenvalue weighted by Gasteiger charge is -2.22. The maximum atomic E-state index is 5.89. The van der Waals surface area contributed by atoms with Gasteiger partial charge in [0.2, 0.25) is 5.88 Å². The van der Waals surface area contributed by atoms with Crippen LogP contribution >= 0.6 is 11.6 Å². The van der Waals surface area contributed by atoms with Crippen LogP contribution < -0.4 is 4.74 Å². The third-order valence-corrected chi connectivity index (χ3v) is 2.92. The van der Waals surface area contributed by atoms with E-state index in [4.69, 9.17) is 21.1 Å². The predicted octanol–water partition coefficient (Wildman–Crippen LogP) is 2.64. The summed E-state index contributed by atoms with van der Waals surface area (Å²) in [6.07, 6.45) is 4.34. The number of nitrogens with zero attached hydrogens (tertiary/aromatic N) is 2. The summed E-state index contributed by atoms with van der Waals surface area (Å²) in [7, 11) is 0. The Hall–Kier alpha value is -0.870. The molecule has 2 heterocycles. The molecule has 1 aliphatic rings. The van der Waals surface area contributed by atoms with Crippen molar-refractivity contribution in [2.75, 3.05) is 13.2 Å². The second-order valence-corrected chi connectivity index (χ2v) is 4.49. The van der Waals surface area contributed by atoms with E-state index in [-0.39, 0.29) is 6.10 Å². The van der Waals surface area contributed by atoms with Crippen molar-refractivity contribution in [1.29, 1.82) is 0 Å². The molecule has 1 saturated heterocycles. The molecule has 0 aromatic carbocycles. The number of halogens is 1. The summed E-state index contributed by atoms with van der Waals surface area (Å²) in [5.74, 6) is 1.24. The Balaban J connectivity index is 1.91. The molecule has 5 heteroatoms. The lowest BCUT2D eigenvalue weighted by Crippen LogP contribution is -2.26. The summed E-state index contributed by atoms with van der Waals surface area (Å²) >= 11 is 5.89. The first-order chi connectivity index (χ1) is 8.28. The highest BCUT2D eigenvalue weighted by Crippen LogP contribution is 2.17. The first-order valence-corrected chi connectivity index (χ1v) is 6.43. The second-order valence-electron chi connectivity index (χ2n) is 4.10. The van der Waals surface area contributed by atoms with E-state index in [9.17, 15) is 0 Å². The zero-order chi connectivity index (χ0) is 12.1. The molecule has 0 radical (unpaired) electrons. The molecule has 0 spiro atoms. The van der Waals surface area contributed by atoms with Crippen molar-refractivity contribution in [3.63, 3.8) is 0 Å². The van der Waals surface area contributed by atoms with Crippen LogP contribution in [0.15, 0.2) is 6.07 Å². The monoisotopic (exact) mass is 256 g/mol. The van der Waals surface area contributed by atoms with Crippen molar-refractivity contribution >= 4 is 11.6 Å². The number of hydrogen-bond donors (Lipinski definition) is 0. The van der Waals surface area contributed by atoms with Crippen molar-refractivity contribution in [3.8, 4) is 5.88 Å². The van der Waals surface area contributed by atoms with Gasteiger partial charge in [-0.1, -0.05) is 18.5 Å². The molecule has 0 aliphatic carbocycles. The molecule has 1 unspecified atom stereocenters. The Morgan fingerprint density at radius 2 is 2.35 bits per heavy atom. The zero-order valence-corrected chi connectivity index (χ0v) is 10.7. The highest BCUT2D eigenvalue weighted by molar-refractivity contribution is 6.29. The smallest absolute Gasteiger partial charge is 0.218 e. The standard InChI is InChI=1S/C12H17ClN2O2/c1-2-11-14-10(13)7-12(15-11)17-8-9-5-3-4-6-16-9/h7,9H,2-6,8H2,1H3. The molecular formula is C12H17ClN2O2. The lowest BCUT2D eigenvalue weighted by atomic mass is 10.1. The third kappa shape index (κ3) is 3.82. The van der Waals surface area contributed by atoms with E-state index in [1.54, 1.807) is 6.07 Å². The van der Waals surface area contributed by atoms with Crippen molar-refractivity contribution in [2.24, 2.45) is 0 Å². The van der Waals surface area contributed by atoms with E-state index >= 15 is 0 Å². The Kier molecular flexibility index (Phi) is 4.57. The minimum atomic E-state index is 0.183. The zero-order valence-electron chi connectivity index (χ0n) is 9.99. The van der Waals surface area contributed by atoms with Gasteiger partial charge in [-0.25, -0.2) is 4.98 Å². The summed E-state index contributed by atoms with van der Waals surface area (Å²) in [6, 6.07) is 1.64. The summed E-state index contributed by atoms with van der Waals surface area (Å²) in [5.41, 5.74) is 0. The second kappa shape index (κ2) is 6.17. The first-order valence-electron chi connectivity index (χ1n) is 6.06. The molecule has 0 saturated carbocycles. The number of hydrogen-bond acceptors (Lipinski definition) is 4. The molecule has 94 valence electrons. The van der Waals surface area contributed by atoms with Crippen LogP contribution in [0.25, 0.3) is 0 Å². The molecule has 0 amide bonds. The van der Waals surface area contributed by atoms with Gasteiger partial charge in [-0.3, -0.25) is 0 Å². The van der Waals surface area contributed by atoms with Crippen LogP contribution in [0.2, 0.25) is 5.15 Å². The summed E-state index contributed by atoms with van der Waals surface area (Å²) in [5, 5.41) is 0.427. The number of aromatic nitrogens is 2. The SMILES string of the molecule is CCc1nc(Cl)cc(OCC2CCCCO2)n1. The van der Waals surface area contributed by atoms with Crippen molar-refractivity contribution in [3.05, 3.63) is 17.0 Å². The fraction of sp³-hybridized carbons (Fsp3) is 0.667. The van der Waals surface area contributed by atoms with Crippen LogP contribution in [0, 0.1) is 0 Å². The normalized spacial score (nSPS) is 20.2. The summed E-state index contributed by atoms with van der Waals surface area (Å²) in [6.45, 7) is 3.36. The maximum absolute atomic E-state index is 5.89. The fourth-order valence-electron chi connectivity index (χ4n) is 1.79. The van der Waals surface area contributed by atoms with Gasteiger partial charge in [0.05, 0.1) is 6.10 Å². The van der Waals surface area contributed by atoms with Gasteiger partial charge in [0.25, 0.3) is 0 Å². The number of ether oxygens (including phenoxy) is 2. The molecule has 2 rings (SSSR count). The van der Waals surface area contributed by atoms with Gasteiger partial charge < -0.3 is 9.47 Å². The number of rotatable bonds is 4. The van der Waals surface area contributed by atoms with Gasteiger partial charge in [-0.2, -0.15) is 4.98 Å². The quantitative estimate of drug-likeness (QED) is 0.777. The molecule has 1 atom stereocenters. The Morgan fingerprint density at radius 3 is 3.06 bits per heavy atom. The predicted molar refractivity (Wildman–Crippen MR) is 65.5 cm³/mol. The molecular weight excluding hydrogens is 240 g/mol. The first kappa shape index (κ1) is 12.6. The molecule has 4 nitrogen and oxygen atoms in total. The Bertz CT molecular complexity index is 368. The molecule has 1 fully saturated rings. The van der Waals surface area contributed by atoms with Crippen LogP contribution in [0.1, 0.15) is 32.0 Å². The van der Waals surface area contributed by atoms with E-state index in [1.165, 1.54) is 6.42 Å². The van der Waals surface area contributed by atoms with E-state index in [0.29, 0.717) is 23.5 Å². The molecule has 0 N–H and O–H groups in total. The van der Waals surface area contributed by atoms with Gasteiger partial charge in [0, 0.05) is 19.1 Å². The average Bonchev–Trinajstić information content (AvgIpc) is 2.37. The molecule has 1 aromatic heterocycles. The van der Waals surface area contributed by atoms with E-state index < -0.39 is 0 Å². The molecule has 0 bridgehead atoms. The minimum absolute atomic E-state index is 0.183. The van der Waals surface area contributed by atoms with E-state index in [2.05, 4.69) is 9.97 Å². The maximum Gasteiger partial charge on any atom is 0.218 e. The molecule has 17 heavy (non-hydrogen) atoms. The Morgan fingerprint density at radius 1 is 1.47 bits per heavy atom. The van der Waals surface area contributed by atoms with Gasteiger partial charge >= 0.3 is 0 Å². The molecule has 1 aromatic rings. The highest BCUT2D eigenvalue weighted by Gasteiger charge is 2.15. The Labute approximate surface area is 106 Å². The van der Waals surface area contributed by atoms with Gasteiger partial charge in [0.15, 0.2) is 0 Å². The summed E-state index contributed by atoms with van der Waals surface area (Å²) in [4.78, 5) is 8.35. The van der Waals surface area contributed by atoms with E-state index in [0.717, 1.165) is 25.9 Å². The topological polar surface area (TPSA) is 44.2 Å². The van der Waals surface area contributed by atoms with Crippen molar-refractivity contribution in [1.82, 2.24) is 9.97 Å². The van der Waals surface area contributed by atoms with Crippen LogP contribution in [0.4, 0.5) is 0 Å². The van der Waals surface area contributed by atoms with Crippen molar-refractivity contribution in [2.45, 2.75) is 38.7 Å². The van der Waals surface area contributed by atoms with Crippen LogP contribution in [-0.4, -0.2) is 29.3 Å². The largest absolute Gasteiger partial charge is 0.475 e. The van der Waals surface area contributed by atoms with Crippen LogP contribution in [0.3, 0.4) is 0 Å². The number of aryl methyl sites for hydroxylation is 1. The minimum Gasteiger partial charge on any atom is -0.475 e. The van der Waals surface area contributed by atoms with Gasteiger partial charge in [-0.15, -0.1) is 0 Å². The van der Waals surface area contributed by atoms with Crippen LogP contribution in [0.5, 0.6) is 5.88 Å².